The number of anilines is 2. The first-order valence-corrected chi connectivity index (χ1v) is 13.9. The number of halogens is 1. The molecule has 5 rings (SSSR count). The smallest absolute Gasteiger partial charge is 0.410 e. The van der Waals surface area contributed by atoms with Crippen molar-refractivity contribution in [1.82, 2.24) is 15.2 Å². The van der Waals surface area contributed by atoms with Crippen molar-refractivity contribution in [2.45, 2.75) is 45.2 Å². The summed E-state index contributed by atoms with van der Waals surface area (Å²) >= 11 is 0. The van der Waals surface area contributed by atoms with E-state index in [1.807, 2.05) is 32.9 Å². The van der Waals surface area contributed by atoms with E-state index >= 15 is 0 Å². The lowest BCUT2D eigenvalue weighted by atomic mass is 10.1. The third-order valence-electron chi connectivity index (χ3n) is 7.10. The highest BCUT2D eigenvalue weighted by atomic mass is 19.1. The Morgan fingerprint density at radius 2 is 1.81 bits per heavy atom. The predicted octanol–water partition coefficient (Wildman–Crippen LogP) is 4.95. The summed E-state index contributed by atoms with van der Waals surface area (Å²) in [5.41, 5.74) is 1.90. The molecule has 3 aromatic rings. The molecule has 0 unspecified atom stereocenters. The van der Waals surface area contributed by atoms with Gasteiger partial charge in [-0.2, -0.15) is 0 Å². The summed E-state index contributed by atoms with van der Waals surface area (Å²) in [6, 6.07) is 14.7. The molecule has 2 fully saturated rings. The summed E-state index contributed by atoms with van der Waals surface area (Å²) in [6.45, 7) is 7.81. The van der Waals surface area contributed by atoms with Crippen LogP contribution in [0.15, 0.2) is 67.0 Å². The van der Waals surface area contributed by atoms with Gasteiger partial charge in [-0.25, -0.2) is 9.18 Å². The minimum Gasteiger partial charge on any atom is -0.444 e. The van der Waals surface area contributed by atoms with E-state index in [1.165, 1.54) is 12.1 Å². The number of nitrogens with zero attached hydrogens (tertiary/aromatic N) is 3. The van der Waals surface area contributed by atoms with Crippen LogP contribution in [0.25, 0.3) is 0 Å². The molecule has 2 heterocycles. The fourth-order valence-electron chi connectivity index (χ4n) is 4.78. The number of aromatic nitrogens is 1. The van der Waals surface area contributed by atoms with E-state index in [2.05, 4.69) is 20.5 Å². The first-order valence-electron chi connectivity index (χ1n) is 14.9. The number of hydrogen-bond acceptors (Lipinski definition) is 6. The molecule has 42 heavy (non-hydrogen) atoms. The van der Waals surface area contributed by atoms with E-state index < -0.39 is 35.5 Å². The van der Waals surface area contributed by atoms with Crippen LogP contribution in [0.1, 0.15) is 57.3 Å². The molecule has 220 valence electrons. The van der Waals surface area contributed by atoms with Gasteiger partial charge < -0.3 is 25.2 Å². The summed E-state index contributed by atoms with van der Waals surface area (Å²) in [5, 5.41) is 5.33. The van der Waals surface area contributed by atoms with E-state index in [0.29, 0.717) is 37.3 Å². The van der Waals surface area contributed by atoms with Crippen molar-refractivity contribution in [2.24, 2.45) is 5.92 Å². The Hall–Kier alpha value is -4.47. The van der Waals surface area contributed by atoms with E-state index in [1.54, 1.807) is 41.6 Å². The van der Waals surface area contributed by atoms with Crippen LogP contribution in [0, 0.1) is 11.7 Å². The molecular formula is C32H36FN5O4. The van der Waals surface area contributed by atoms with Crippen LogP contribution < -0.4 is 15.5 Å². The molecule has 1 aromatic heterocycles. The SMILES string of the molecule is [2H]C1([2H])[C@H](C(=O)Nc2ccc(CNC(=O)c3ccc(N4CCN(C(=O)OC(C)(C)C)CC4)cc3)c(F)c2)[C@H]1c1cccnc1. The maximum absolute atomic E-state index is 14.9. The number of carbonyl (C=O) groups is 3. The van der Waals surface area contributed by atoms with Gasteiger partial charge in [0, 0.05) is 76.3 Å². The fraction of sp³-hybridized carbons (Fsp3) is 0.375. The molecule has 10 heteroatoms. The molecule has 2 atom stereocenters. The average Bonchev–Trinajstić information content (AvgIpc) is 3.58. The lowest BCUT2D eigenvalue weighted by Gasteiger charge is -2.36. The van der Waals surface area contributed by atoms with Gasteiger partial charge in [0.1, 0.15) is 11.4 Å². The molecule has 0 spiro atoms. The zero-order valence-electron chi connectivity index (χ0n) is 25.9. The highest BCUT2D eigenvalue weighted by Crippen LogP contribution is 2.47. The van der Waals surface area contributed by atoms with Gasteiger partial charge >= 0.3 is 6.09 Å². The first kappa shape index (κ1) is 26.4. The van der Waals surface area contributed by atoms with Crippen molar-refractivity contribution in [3.8, 4) is 0 Å². The maximum Gasteiger partial charge on any atom is 0.410 e. The Bertz CT molecular complexity index is 1520. The second-order valence-corrected chi connectivity index (χ2v) is 11.4. The van der Waals surface area contributed by atoms with Gasteiger partial charge in [-0.05, 0) is 81.1 Å². The molecular weight excluding hydrogens is 537 g/mol. The first-order chi connectivity index (χ1) is 20.8. The molecule has 9 nitrogen and oxygen atoms in total. The normalized spacial score (nSPS) is 20.2. The topological polar surface area (TPSA) is 104 Å². The zero-order chi connectivity index (χ0) is 31.6. The second-order valence-electron chi connectivity index (χ2n) is 11.4. The standard InChI is InChI=1S/C32H36FN5O4/c1-32(2,3)42-31(41)38-15-13-37(14-16-38)25-10-7-21(8-11-25)29(39)35-20-23-6-9-24(17-28(23)33)36-30(40)27-18-26(27)22-5-4-12-34-19-22/h4-12,17,19,26-27H,13-16,18,20H2,1-3H3,(H,35,39)(H,36,40)/t26-,27+/m1/s1/i18D2. The van der Waals surface area contributed by atoms with Crippen molar-refractivity contribution in [3.05, 3.63) is 89.5 Å². The van der Waals surface area contributed by atoms with Crippen LogP contribution in [0.4, 0.5) is 20.6 Å². The molecule has 2 aliphatic rings. The van der Waals surface area contributed by atoms with Gasteiger partial charge in [-0.1, -0.05) is 12.1 Å². The third kappa shape index (κ3) is 7.23. The van der Waals surface area contributed by atoms with E-state index in [9.17, 15) is 18.8 Å². The number of amides is 3. The number of ether oxygens (including phenoxy) is 1. The molecule has 1 saturated heterocycles. The Labute approximate surface area is 247 Å². The quantitative estimate of drug-likeness (QED) is 0.413. The van der Waals surface area contributed by atoms with Crippen LogP contribution in [0.5, 0.6) is 0 Å². The van der Waals surface area contributed by atoms with Gasteiger partial charge in [0.05, 0.1) is 0 Å². The molecule has 1 aliphatic carbocycles. The van der Waals surface area contributed by atoms with Crippen LogP contribution in [0.3, 0.4) is 0 Å². The number of rotatable bonds is 7. The van der Waals surface area contributed by atoms with E-state index in [-0.39, 0.29) is 29.8 Å². The van der Waals surface area contributed by atoms with E-state index in [4.69, 9.17) is 7.48 Å². The van der Waals surface area contributed by atoms with E-state index in [0.717, 1.165) is 11.8 Å². The van der Waals surface area contributed by atoms with Crippen molar-refractivity contribution in [2.75, 3.05) is 36.4 Å². The van der Waals surface area contributed by atoms with Crippen LogP contribution in [0.2, 0.25) is 0 Å². The molecule has 2 aromatic carbocycles. The van der Waals surface area contributed by atoms with Crippen LogP contribution >= 0.6 is 0 Å². The fourth-order valence-corrected chi connectivity index (χ4v) is 4.78. The van der Waals surface area contributed by atoms with Gasteiger partial charge in [-0.3, -0.25) is 14.6 Å². The van der Waals surface area contributed by atoms with Gasteiger partial charge in [0.25, 0.3) is 5.91 Å². The highest BCUT2D eigenvalue weighted by Gasteiger charge is 2.44. The highest BCUT2D eigenvalue weighted by molar-refractivity contribution is 5.95. The molecule has 0 bridgehead atoms. The Balaban J connectivity index is 1.10. The van der Waals surface area contributed by atoms with Gasteiger partial charge in [0.15, 0.2) is 0 Å². The van der Waals surface area contributed by atoms with Crippen molar-refractivity contribution < 1.29 is 26.3 Å². The maximum atomic E-state index is 14.9. The van der Waals surface area contributed by atoms with Gasteiger partial charge in [-0.15, -0.1) is 0 Å². The summed E-state index contributed by atoms with van der Waals surface area (Å²) in [5.74, 6) is -3.01. The lowest BCUT2D eigenvalue weighted by Crippen LogP contribution is -2.50. The van der Waals surface area contributed by atoms with Gasteiger partial charge in [0.2, 0.25) is 5.91 Å². The summed E-state index contributed by atoms with van der Waals surface area (Å²) in [7, 11) is 0. The second kappa shape index (κ2) is 12.2. The number of pyridine rings is 1. The zero-order valence-corrected chi connectivity index (χ0v) is 23.9. The number of hydrogen-bond donors (Lipinski definition) is 2. The Kier molecular flexibility index (Phi) is 7.67. The number of benzene rings is 2. The average molecular weight is 576 g/mol. The molecule has 0 radical (unpaired) electrons. The minimum atomic E-state index is -1.72. The van der Waals surface area contributed by atoms with Crippen molar-refractivity contribution in [3.63, 3.8) is 0 Å². The number of carbonyl (C=O) groups excluding carboxylic acids is 3. The molecule has 1 saturated carbocycles. The minimum absolute atomic E-state index is 0.0540. The summed E-state index contributed by atoms with van der Waals surface area (Å²) in [6.07, 6.45) is 1.09. The summed E-state index contributed by atoms with van der Waals surface area (Å²) in [4.78, 5) is 45.7. The number of piperazine rings is 1. The van der Waals surface area contributed by atoms with Crippen LogP contribution in [-0.4, -0.2) is 59.6 Å². The molecule has 3 amide bonds. The monoisotopic (exact) mass is 575 g/mol. The van der Waals surface area contributed by atoms with Crippen LogP contribution in [-0.2, 0) is 16.1 Å². The predicted molar refractivity (Wildman–Crippen MR) is 158 cm³/mol. The molecule has 2 N–H and O–H groups in total. The Morgan fingerprint density at radius 3 is 2.45 bits per heavy atom. The van der Waals surface area contributed by atoms with Crippen molar-refractivity contribution in [1.29, 1.82) is 0 Å². The summed E-state index contributed by atoms with van der Waals surface area (Å²) < 4.78 is 36.7. The Morgan fingerprint density at radius 1 is 1.07 bits per heavy atom. The third-order valence-corrected chi connectivity index (χ3v) is 7.10. The largest absolute Gasteiger partial charge is 0.444 e. The lowest BCUT2D eigenvalue weighted by molar-refractivity contribution is -0.117. The van der Waals surface area contributed by atoms with Crippen molar-refractivity contribution >= 4 is 29.3 Å². The molecule has 1 aliphatic heterocycles. The number of nitrogens with one attached hydrogen (secondary N) is 2.